The summed E-state index contributed by atoms with van der Waals surface area (Å²) in [5.74, 6) is 0. The maximum atomic E-state index is 9.80. The number of nitriles is 2. The lowest BCUT2D eigenvalue weighted by molar-refractivity contribution is 1.18. The molecular weight excluding hydrogens is 585 g/mol. The van der Waals surface area contributed by atoms with Crippen LogP contribution in [0.1, 0.15) is 11.1 Å². The second-order valence-corrected chi connectivity index (χ2v) is 12.0. The minimum atomic E-state index is 0.601. The van der Waals surface area contributed by atoms with E-state index in [0.717, 1.165) is 55.4 Å². The molecule has 0 N–H and O–H groups in total. The topological polar surface area (TPSA) is 57.4 Å². The van der Waals surface area contributed by atoms with Crippen molar-refractivity contribution in [3.05, 3.63) is 169 Å². The molecule has 4 nitrogen and oxygen atoms in total. The third-order valence-corrected chi connectivity index (χ3v) is 9.38. The van der Waals surface area contributed by atoms with Crippen molar-refractivity contribution in [1.29, 1.82) is 10.5 Å². The van der Waals surface area contributed by atoms with Crippen LogP contribution in [0.2, 0.25) is 0 Å². The monoisotopic (exact) mass is 610 g/mol. The molecule has 9 aromatic rings. The van der Waals surface area contributed by atoms with E-state index in [2.05, 4.69) is 137 Å². The summed E-state index contributed by atoms with van der Waals surface area (Å²) in [7, 11) is 0. The van der Waals surface area contributed by atoms with Crippen LogP contribution in [0.5, 0.6) is 0 Å². The largest absolute Gasteiger partial charge is 0.309 e. The Balaban J connectivity index is 1.28. The number of hydrogen-bond acceptors (Lipinski definition) is 2. The number of para-hydroxylation sites is 3. The normalized spacial score (nSPS) is 11.3. The summed E-state index contributed by atoms with van der Waals surface area (Å²) in [4.78, 5) is 0. The van der Waals surface area contributed by atoms with E-state index < -0.39 is 0 Å². The molecule has 0 saturated heterocycles. The van der Waals surface area contributed by atoms with Gasteiger partial charge in [0.1, 0.15) is 0 Å². The van der Waals surface area contributed by atoms with Gasteiger partial charge in [-0.2, -0.15) is 10.5 Å². The summed E-state index contributed by atoms with van der Waals surface area (Å²) in [6.07, 6.45) is 0. The van der Waals surface area contributed by atoms with Crippen LogP contribution in [0.3, 0.4) is 0 Å². The molecule has 9 rings (SSSR count). The van der Waals surface area contributed by atoms with Gasteiger partial charge in [-0.1, -0.05) is 91.0 Å². The molecule has 0 aliphatic carbocycles. The fourth-order valence-electron chi connectivity index (χ4n) is 7.30. The van der Waals surface area contributed by atoms with Gasteiger partial charge in [0, 0.05) is 32.8 Å². The number of nitrogens with zero attached hydrogens (tertiary/aromatic N) is 4. The average Bonchev–Trinajstić information content (AvgIpc) is 3.67. The maximum absolute atomic E-state index is 9.80. The van der Waals surface area contributed by atoms with E-state index >= 15 is 0 Å². The number of aromatic nitrogens is 2. The van der Waals surface area contributed by atoms with Gasteiger partial charge in [-0.25, -0.2) is 0 Å². The van der Waals surface area contributed by atoms with Crippen molar-refractivity contribution < 1.29 is 0 Å². The fourth-order valence-corrected chi connectivity index (χ4v) is 7.30. The van der Waals surface area contributed by atoms with Crippen LogP contribution in [0.4, 0.5) is 0 Å². The molecule has 0 saturated carbocycles. The van der Waals surface area contributed by atoms with Crippen LogP contribution >= 0.6 is 0 Å². The van der Waals surface area contributed by atoms with Gasteiger partial charge in [0.25, 0.3) is 0 Å². The zero-order valence-corrected chi connectivity index (χ0v) is 25.8. The highest BCUT2D eigenvalue weighted by Gasteiger charge is 2.19. The van der Waals surface area contributed by atoms with E-state index in [1.807, 2.05) is 42.5 Å². The first-order chi connectivity index (χ1) is 23.7. The number of fused-ring (bicyclic) bond motifs is 6. The zero-order valence-electron chi connectivity index (χ0n) is 25.8. The summed E-state index contributed by atoms with van der Waals surface area (Å²) in [6, 6.07) is 59.1. The molecule has 0 fully saturated rings. The van der Waals surface area contributed by atoms with Crippen LogP contribution in [0.25, 0.3) is 77.2 Å². The van der Waals surface area contributed by atoms with E-state index in [9.17, 15) is 10.5 Å². The molecule has 0 atom stereocenters. The Morgan fingerprint density at radius 2 is 0.938 bits per heavy atom. The Bertz CT molecular complexity index is 2760. The summed E-state index contributed by atoms with van der Waals surface area (Å²) >= 11 is 0. The quantitative estimate of drug-likeness (QED) is 0.199. The molecule has 0 unspecified atom stereocenters. The molecule has 0 aliphatic heterocycles. The minimum absolute atomic E-state index is 0.601. The third kappa shape index (κ3) is 4.14. The van der Waals surface area contributed by atoms with Crippen LogP contribution in [-0.4, -0.2) is 9.13 Å². The lowest BCUT2D eigenvalue weighted by Crippen LogP contribution is -1.98. The first-order valence-corrected chi connectivity index (χ1v) is 15.9. The number of benzene rings is 7. The molecule has 0 spiro atoms. The zero-order chi connectivity index (χ0) is 32.2. The Labute approximate surface area is 277 Å². The van der Waals surface area contributed by atoms with Crippen LogP contribution in [0.15, 0.2) is 158 Å². The molecule has 2 heterocycles. The summed E-state index contributed by atoms with van der Waals surface area (Å²) < 4.78 is 4.56. The van der Waals surface area contributed by atoms with Gasteiger partial charge in [-0.05, 0) is 83.4 Å². The van der Waals surface area contributed by atoms with E-state index in [4.69, 9.17) is 0 Å². The Hall–Kier alpha value is -6.88. The molecule has 0 radical (unpaired) electrons. The molecule has 7 aromatic carbocycles. The van der Waals surface area contributed by atoms with Crippen molar-refractivity contribution in [2.24, 2.45) is 0 Å². The SMILES string of the molecule is N#Cc1cccc(-n2c3ccc(C#N)cc3c3cc(-c4ccccc4-c4ccccc4-n4c5ccccc5c5ccccc54)ccc32)c1. The molecule has 4 heteroatoms. The minimum Gasteiger partial charge on any atom is -0.309 e. The molecule has 0 amide bonds. The predicted molar refractivity (Wildman–Crippen MR) is 195 cm³/mol. The summed E-state index contributed by atoms with van der Waals surface area (Å²) in [5.41, 5.74) is 12.1. The second kappa shape index (κ2) is 10.9. The number of rotatable bonds is 4. The molecule has 2 aromatic heterocycles. The van der Waals surface area contributed by atoms with Crippen LogP contribution in [-0.2, 0) is 0 Å². The van der Waals surface area contributed by atoms with Gasteiger partial charge in [0.05, 0.1) is 51.0 Å². The van der Waals surface area contributed by atoms with E-state index in [-0.39, 0.29) is 0 Å². The van der Waals surface area contributed by atoms with Gasteiger partial charge in [0.2, 0.25) is 0 Å². The Morgan fingerprint density at radius 3 is 1.67 bits per heavy atom. The molecule has 222 valence electrons. The summed E-state index contributed by atoms with van der Waals surface area (Å²) in [6.45, 7) is 0. The predicted octanol–water partition coefficient (Wildman–Crippen LogP) is 11.0. The molecule has 0 aliphatic rings. The fraction of sp³-hybridized carbons (Fsp3) is 0. The van der Waals surface area contributed by atoms with Crippen molar-refractivity contribution in [1.82, 2.24) is 9.13 Å². The van der Waals surface area contributed by atoms with Gasteiger partial charge >= 0.3 is 0 Å². The maximum Gasteiger partial charge on any atom is 0.0992 e. The second-order valence-electron chi connectivity index (χ2n) is 12.0. The van der Waals surface area contributed by atoms with E-state index in [1.54, 1.807) is 0 Å². The smallest absolute Gasteiger partial charge is 0.0992 e. The standard InChI is InChI=1S/C44H26N4/c45-27-29-10-9-11-32(24-29)47-43-22-20-30(28-46)25-38(43)39-26-31(21-23-44(39)47)33-12-1-2-13-34(33)35-14-3-6-17-40(35)48-41-18-7-4-15-36(41)37-16-5-8-19-42(37)48/h1-26H. The lowest BCUT2D eigenvalue weighted by atomic mass is 9.92. The van der Waals surface area contributed by atoms with Crippen LogP contribution < -0.4 is 0 Å². The van der Waals surface area contributed by atoms with Crippen molar-refractivity contribution >= 4 is 43.6 Å². The highest BCUT2D eigenvalue weighted by atomic mass is 15.0. The Morgan fingerprint density at radius 1 is 0.375 bits per heavy atom. The highest BCUT2D eigenvalue weighted by Crippen LogP contribution is 2.41. The van der Waals surface area contributed by atoms with E-state index in [0.29, 0.717) is 11.1 Å². The van der Waals surface area contributed by atoms with Gasteiger partial charge in [-0.3, -0.25) is 0 Å². The van der Waals surface area contributed by atoms with Crippen molar-refractivity contribution in [3.8, 4) is 45.8 Å². The third-order valence-electron chi connectivity index (χ3n) is 9.38. The van der Waals surface area contributed by atoms with Gasteiger partial charge < -0.3 is 9.13 Å². The van der Waals surface area contributed by atoms with Crippen molar-refractivity contribution in [3.63, 3.8) is 0 Å². The molecule has 0 bridgehead atoms. The van der Waals surface area contributed by atoms with Crippen molar-refractivity contribution in [2.75, 3.05) is 0 Å². The van der Waals surface area contributed by atoms with Crippen LogP contribution in [0, 0.1) is 22.7 Å². The highest BCUT2D eigenvalue weighted by molar-refractivity contribution is 6.12. The van der Waals surface area contributed by atoms with E-state index in [1.165, 1.54) is 21.8 Å². The van der Waals surface area contributed by atoms with Gasteiger partial charge in [-0.15, -0.1) is 0 Å². The number of hydrogen-bond donors (Lipinski definition) is 0. The molecular formula is C44H26N4. The average molecular weight is 611 g/mol. The van der Waals surface area contributed by atoms with Gasteiger partial charge in [0.15, 0.2) is 0 Å². The first-order valence-electron chi connectivity index (χ1n) is 15.9. The lowest BCUT2D eigenvalue weighted by Gasteiger charge is -2.17. The summed E-state index contributed by atoms with van der Waals surface area (Å²) in [5, 5.41) is 23.9. The Kier molecular flexibility index (Phi) is 6.22. The first kappa shape index (κ1) is 27.4. The van der Waals surface area contributed by atoms with Crippen molar-refractivity contribution in [2.45, 2.75) is 0 Å². The molecule has 48 heavy (non-hydrogen) atoms.